The molecule has 0 bridgehead atoms. The molecule has 0 unspecified atom stereocenters. The van der Waals surface area contributed by atoms with Crippen LogP contribution in [0.25, 0.3) is 0 Å². The van der Waals surface area contributed by atoms with Crippen molar-refractivity contribution in [1.29, 1.82) is 0 Å². The molecule has 0 aliphatic carbocycles. The topological polar surface area (TPSA) is 64.2 Å². The summed E-state index contributed by atoms with van der Waals surface area (Å²) in [5, 5.41) is 0. The minimum absolute atomic E-state index is 0.0711. The van der Waals surface area contributed by atoms with Gasteiger partial charge >= 0.3 is 0 Å². The third-order valence-electron chi connectivity index (χ3n) is 2.26. The maximum Gasteiger partial charge on any atom is 0.274 e. The molecule has 0 saturated heterocycles. The molecule has 1 heterocycles. The summed E-state index contributed by atoms with van der Waals surface area (Å²) < 4.78 is 1.81. The number of aromatic nitrogens is 2. The van der Waals surface area contributed by atoms with Crippen LogP contribution in [0.15, 0.2) is 25.2 Å². The van der Waals surface area contributed by atoms with Gasteiger partial charge in [-0.15, -0.1) is 6.58 Å². The normalized spacial score (nSPS) is 10.1. The van der Waals surface area contributed by atoms with E-state index >= 15 is 0 Å². The molecule has 88 valence electrons. The molecule has 1 amide bonds. The highest BCUT2D eigenvalue weighted by molar-refractivity contribution is 5.92. The van der Waals surface area contributed by atoms with E-state index in [2.05, 4.69) is 11.6 Å². The molecule has 0 fully saturated rings. The van der Waals surface area contributed by atoms with Gasteiger partial charge < -0.3 is 15.2 Å². The lowest BCUT2D eigenvalue weighted by atomic mass is 10.3. The summed E-state index contributed by atoms with van der Waals surface area (Å²) in [4.78, 5) is 17.7. The maximum absolute atomic E-state index is 12.0. The zero-order chi connectivity index (χ0) is 12.0. The Morgan fingerprint density at radius 3 is 3.06 bits per heavy atom. The lowest BCUT2D eigenvalue weighted by Crippen LogP contribution is -2.31. The third-order valence-corrected chi connectivity index (χ3v) is 2.26. The predicted molar refractivity (Wildman–Crippen MR) is 63.1 cm³/mol. The summed E-state index contributed by atoms with van der Waals surface area (Å²) in [5.74, 6) is -0.0711. The number of hydrogen-bond acceptors (Lipinski definition) is 3. The smallest absolute Gasteiger partial charge is 0.274 e. The molecule has 1 rings (SSSR count). The van der Waals surface area contributed by atoms with E-state index in [1.165, 1.54) is 0 Å². The first-order valence-electron chi connectivity index (χ1n) is 5.35. The first kappa shape index (κ1) is 12.4. The van der Waals surface area contributed by atoms with Crippen LogP contribution in [0.1, 0.15) is 17.4 Å². The van der Waals surface area contributed by atoms with Crippen molar-refractivity contribution in [2.75, 3.05) is 19.6 Å². The maximum atomic E-state index is 12.0. The Labute approximate surface area is 95.6 Å². The van der Waals surface area contributed by atoms with Gasteiger partial charge in [0, 0.05) is 32.4 Å². The molecule has 5 heteroatoms. The molecule has 0 spiro atoms. The molecule has 0 radical (unpaired) electrons. The lowest BCUT2D eigenvalue weighted by Gasteiger charge is -2.17. The Bertz CT molecular complexity index is 359. The second-order valence-corrected chi connectivity index (χ2v) is 3.42. The summed E-state index contributed by atoms with van der Waals surface area (Å²) in [5.41, 5.74) is 5.88. The SMILES string of the molecule is C=CCN(CC)C(=O)c1cn(CCN)cn1. The molecular formula is C11H18N4O. The van der Waals surface area contributed by atoms with Crippen LogP contribution in [-0.2, 0) is 6.54 Å². The van der Waals surface area contributed by atoms with Crippen molar-refractivity contribution in [3.05, 3.63) is 30.9 Å². The van der Waals surface area contributed by atoms with Gasteiger partial charge in [0.15, 0.2) is 0 Å². The fraction of sp³-hybridized carbons (Fsp3) is 0.455. The molecule has 1 aromatic rings. The highest BCUT2D eigenvalue weighted by Gasteiger charge is 2.15. The molecule has 0 saturated carbocycles. The van der Waals surface area contributed by atoms with Gasteiger partial charge in [-0.3, -0.25) is 4.79 Å². The minimum Gasteiger partial charge on any atom is -0.335 e. The van der Waals surface area contributed by atoms with Crippen molar-refractivity contribution >= 4 is 5.91 Å². The largest absolute Gasteiger partial charge is 0.335 e. The summed E-state index contributed by atoms with van der Waals surface area (Å²) in [6.07, 6.45) is 5.06. The average molecular weight is 222 g/mol. The molecule has 2 N–H and O–H groups in total. The van der Waals surface area contributed by atoms with Crippen molar-refractivity contribution in [2.24, 2.45) is 5.73 Å². The van der Waals surface area contributed by atoms with Crippen LogP contribution in [0.5, 0.6) is 0 Å². The van der Waals surface area contributed by atoms with Crippen molar-refractivity contribution < 1.29 is 4.79 Å². The number of nitrogens with two attached hydrogens (primary N) is 1. The Balaban J connectivity index is 2.73. The number of carbonyl (C=O) groups excluding carboxylic acids is 1. The van der Waals surface area contributed by atoms with Crippen molar-refractivity contribution in [3.8, 4) is 0 Å². The summed E-state index contributed by atoms with van der Waals surface area (Å²) >= 11 is 0. The van der Waals surface area contributed by atoms with E-state index in [0.29, 0.717) is 31.9 Å². The molecule has 0 aromatic carbocycles. The second-order valence-electron chi connectivity index (χ2n) is 3.42. The van der Waals surface area contributed by atoms with Gasteiger partial charge in [0.1, 0.15) is 5.69 Å². The average Bonchev–Trinajstić information content (AvgIpc) is 2.74. The predicted octanol–water partition coefficient (Wildman–Crippen LogP) is 0.490. The van der Waals surface area contributed by atoms with Crippen LogP contribution in [0.4, 0.5) is 0 Å². The van der Waals surface area contributed by atoms with E-state index < -0.39 is 0 Å². The van der Waals surface area contributed by atoms with Crippen LogP contribution >= 0.6 is 0 Å². The first-order chi connectivity index (χ1) is 7.72. The number of amides is 1. The highest BCUT2D eigenvalue weighted by Crippen LogP contribution is 2.02. The second kappa shape index (κ2) is 6.07. The molecule has 16 heavy (non-hydrogen) atoms. The van der Waals surface area contributed by atoms with Crippen LogP contribution in [-0.4, -0.2) is 40.0 Å². The monoisotopic (exact) mass is 222 g/mol. The van der Waals surface area contributed by atoms with Gasteiger partial charge in [0.2, 0.25) is 0 Å². The third kappa shape index (κ3) is 2.93. The van der Waals surface area contributed by atoms with Gasteiger partial charge in [-0.2, -0.15) is 0 Å². The van der Waals surface area contributed by atoms with E-state index in [-0.39, 0.29) is 5.91 Å². The molecule has 0 aliphatic heterocycles. The molecule has 1 aromatic heterocycles. The lowest BCUT2D eigenvalue weighted by molar-refractivity contribution is 0.0776. The number of carbonyl (C=O) groups is 1. The number of nitrogens with zero attached hydrogens (tertiary/aromatic N) is 3. The number of hydrogen-bond donors (Lipinski definition) is 1. The minimum atomic E-state index is -0.0711. The number of rotatable bonds is 6. The first-order valence-corrected chi connectivity index (χ1v) is 5.35. The quantitative estimate of drug-likeness (QED) is 0.712. The zero-order valence-corrected chi connectivity index (χ0v) is 9.59. The van der Waals surface area contributed by atoms with E-state index in [1.807, 2.05) is 11.5 Å². The number of likely N-dealkylation sites (N-methyl/N-ethyl adjacent to an activating group) is 1. The van der Waals surface area contributed by atoms with Gasteiger partial charge in [0.25, 0.3) is 5.91 Å². The van der Waals surface area contributed by atoms with E-state index in [9.17, 15) is 4.79 Å². The van der Waals surface area contributed by atoms with Crippen LogP contribution in [0, 0.1) is 0 Å². The fourth-order valence-corrected chi connectivity index (χ4v) is 1.42. The molecule has 0 atom stereocenters. The fourth-order valence-electron chi connectivity index (χ4n) is 1.42. The zero-order valence-electron chi connectivity index (χ0n) is 9.59. The molecule has 0 aliphatic rings. The summed E-state index contributed by atoms with van der Waals surface area (Å²) in [6.45, 7) is 7.95. The van der Waals surface area contributed by atoms with Gasteiger partial charge in [-0.25, -0.2) is 4.98 Å². The Morgan fingerprint density at radius 1 is 1.75 bits per heavy atom. The van der Waals surface area contributed by atoms with E-state index in [0.717, 1.165) is 0 Å². The van der Waals surface area contributed by atoms with Crippen molar-refractivity contribution in [3.63, 3.8) is 0 Å². The van der Waals surface area contributed by atoms with Gasteiger partial charge in [-0.05, 0) is 6.92 Å². The van der Waals surface area contributed by atoms with Crippen LogP contribution < -0.4 is 5.73 Å². The van der Waals surface area contributed by atoms with Gasteiger partial charge in [-0.1, -0.05) is 6.08 Å². The standard InChI is InChI=1S/C11H18N4O/c1-3-6-15(4-2)11(16)10-8-14(7-5-12)9-13-10/h3,8-9H,1,4-7,12H2,2H3. The van der Waals surface area contributed by atoms with Gasteiger partial charge in [0.05, 0.1) is 6.33 Å². The number of imidazole rings is 1. The Hall–Kier alpha value is -1.62. The Morgan fingerprint density at radius 2 is 2.50 bits per heavy atom. The molecular weight excluding hydrogens is 204 g/mol. The van der Waals surface area contributed by atoms with E-state index in [4.69, 9.17) is 5.73 Å². The Kier molecular flexibility index (Phi) is 4.72. The van der Waals surface area contributed by atoms with E-state index in [1.54, 1.807) is 23.5 Å². The summed E-state index contributed by atoms with van der Waals surface area (Å²) in [6, 6.07) is 0. The van der Waals surface area contributed by atoms with Crippen LogP contribution in [0.2, 0.25) is 0 Å². The highest BCUT2D eigenvalue weighted by atomic mass is 16.2. The van der Waals surface area contributed by atoms with Crippen molar-refractivity contribution in [1.82, 2.24) is 14.5 Å². The molecule has 5 nitrogen and oxygen atoms in total. The summed E-state index contributed by atoms with van der Waals surface area (Å²) in [7, 11) is 0. The van der Waals surface area contributed by atoms with Crippen molar-refractivity contribution in [2.45, 2.75) is 13.5 Å². The van der Waals surface area contributed by atoms with Crippen LogP contribution in [0.3, 0.4) is 0 Å².